The Labute approximate surface area is 693 Å². The predicted molar refractivity (Wildman–Crippen MR) is 454 cm³/mol. The Morgan fingerprint density at radius 2 is 0.912 bits per heavy atom. The SMILES string of the molecule is C=C(O)c1cccc2c1OB(O)[C@@H](Sc1ccccc1)C2.C=C(O)c1cccc2c1OB(O)[C@@H](Sc1nnnn1C)C2.Cc1cccc2c1OB(O)[C@@H](SCC(N)=O)C2.Cc1cccc2c1OB(O)[C@@H](Sc1ncn[nH]1)C2.Cc1cccc2c1OB(O)[C@@H](Sc1nnc(N)s1)C2.Cc1cccc2c1OB(O)[C@@H](Sc1nncs1)C2. The van der Waals surface area contributed by atoms with E-state index < -0.39 is 42.7 Å². The topological polar surface area (TPSA) is 423 Å². The van der Waals surface area contributed by atoms with Crippen molar-refractivity contribution < 1.29 is 73.1 Å². The summed E-state index contributed by atoms with van der Waals surface area (Å²) >= 11 is 11.5. The number of aromatic amines is 1. The second kappa shape index (κ2) is 39.7. The standard InChI is InChI=1S/C16H15BO3S.C12H13BN4O3S.C11H12BN3O2S2.C11H12BN3O2S.C11H11BN2O2S2.C11H14BNO3S/c1-11(18)14-9-5-6-12-10-15(17(19)20-16(12)14)21-13-7-3-2-4-8-13;1-7(18)9-5-3-4-8-6-10(13(19)20-11(8)9)21-12-14-15-16-17(12)2;1-6-3-2-4-7-5-8(12(16)17-9(6)7)18-11-15-14-10(13)19-11;1-7-3-2-4-8-5-9(12(16)17-10(7)8)18-11-13-6-14-15-11;1-7-3-2-4-8-5-9(12(15)16-10(7)8)18-11-14-13-6-17-11;1-7-3-2-4-8-5-9(17-6-10(13)14)12(15)16-11(7)8/h2-9,15,18-19H,1,10H2;3-5,10,18-19H,1,6H2,2H3;2-4,8,16H,5H2,1H3,(H2,13,14);2-4,6,9,16H,5H2,1H3,(H,13,14,15);2-4,6,9,15H,5H2,1H3;2-4,9,15H,5-6H2,1H3,(H2,13,14)/t15-;10-;8-;3*9-/m000000/s1. The average Bonchev–Trinajstić information content (AvgIpc) is 1.68. The number of para-hydroxylation sites is 6. The first-order valence-electron chi connectivity index (χ1n) is 35.5. The number of hydrogen-bond donors (Lipinski definition) is 11. The molecule has 28 nitrogen and oxygen atoms in total. The van der Waals surface area contributed by atoms with E-state index in [0.29, 0.717) is 57.3 Å². The fourth-order valence-corrected chi connectivity index (χ4v) is 20.2. The van der Waals surface area contributed by atoms with Crippen molar-refractivity contribution in [3.05, 3.63) is 231 Å². The number of nitrogens with zero attached hydrogens (tertiary/aromatic N) is 10. The van der Waals surface area contributed by atoms with Gasteiger partial charge in [-0.15, -0.1) is 49.0 Å². The molecule has 0 saturated heterocycles. The molecule has 6 atom stereocenters. The van der Waals surface area contributed by atoms with Gasteiger partial charge in [-0.3, -0.25) is 9.89 Å². The summed E-state index contributed by atoms with van der Waals surface area (Å²) < 4.78 is 36.7. The lowest BCUT2D eigenvalue weighted by molar-refractivity contribution is -0.115. The van der Waals surface area contributed by atoms with E-state index in [0.717, 1.165) is 111 Å². The number of benzene rings is 7. The van der Waals surface area contributed by atoms with E-state index in [1.54, 1.807) is 41.1 Å². The number of aromatic nitrogens is 11. The zero-order valence-corrected chi connectivity index (χ0v) is 68.6. The van der Waals surface area contributed by atoms with E-state index in [1.807, 2.05) is 155 Å². The Balaban J connectivity index is 0.000000127. The number of aliphatic hydroxyl groups excluding tert-OH is 2. The Kier molecular flexibility index (Phi) is 29.5. The van der Waals surface area contributed by atoms with E-state index in [4.69, 9.17) is 39.4 Å². The number of carbonyl (C=O) groups excluding carboxylic acids is 1. The van der Waals surface area contributed by atoms with Gasteiger partial charge in [-0.1, -0.05) is 198 Å². The highest BCUT2D eigenvalue weighted by Gasteiger charge is 2.43. The normalized spacial score (nSPS) is 17.9. The number of H-pyrrole nitrogens is 1. The molecule has 0 unspecified atom stereocenters. The van der Waals surface area contributed by atoms with Gasteiger partial charge < -0.3 is 79.8 Å². The molecule has 0 fully saturated rings. The molecule has 0 spiro atoms. The van der Waals surface area contributed by atoms with Crippen LogP contribution in [0, 0.1) is 27.7 Å². The zero-order chi connectivity index (χ0) is 80.7. The van der Waals surface area contributed by atoms with E-state index in [2.05, 4.69) is 64.3 Å². The lowest BCUT2D eigenvalue weighted by Crippen LogP contribution is -2.41. The highest BCUT2D eigenvalue weighted by molar-refractivity contribution is 8.03. The number of aliphatic hydroxyl groups is 2. The Hall–Kier alpha value is -8.73. The highest BCUT2D eigenvalue weighted by atomic mass is 32.2. The molecule has 1 amide bonds. The third-order valence-electron chi connectivity index (χ3n) is 18.1. The molecule has 0 radical (unpaired) electrons. The number of nitrogen functional groups attached to an aromatic ring is 1. The molecular formula is C72H77B6N13O15S8. The Morgan fingerprint density at radius 3 is 1.31 bits per heavy atom. The van der Waals surface area contributed by atoms with Crippen LogP contribution < -0.4 is 39.4 Å². The third kappa shape index (κ3) is 22.1. The number of primary amides is 1. The van der Waals surface area contributed by atoms with Gasteiger partial charge in [0.2, 0.25) is 16.2 Å². The molecule has 6 aliphatic rings. The fraction of sp³-hybridized carbons (Fsp3) is 0.250. The van der Waals surface area contributed by atoms with E-state index in [1.165, 1.54) is 87.8 Å². The van der Waals surface area contributed by atoms with E-state index in [9.17, 15) is 45.2 Å². The van der Waals surface area contributed by atoms with Crippen LogP contribution in [0.3, 0.4) is 0 Å². The highest BCUT2D eigenvalue weighted by Crippen LogP contribution is 2.43. The number of amides is 1. The van der Waals surface area contributed by atoms with Gasteiger partial charge in [-0.25, -0.2) is 9.67 Å². The van der Waals surface area contributed by atoms with Crippen LogP contribution in [0.25, 0.3) is 11.5 Å². The van der Waals surface area contributed by atoms with Crippen molar-refractivity contribution in [1.82, 2.24) is 55.8 Å². The average molecular weight is 1690 g/mol. The molecule has 13 N–H and O–H groups in total. The lowest BCUT2D eigenvalue weighted by atomic mass is 9.77. The van der Waals surface area contributed by atoms with Crippen LogP contribution in [0.5, 0.6) is 34.5 Å². The maximum atomic E-state index is 10.7. The summed E-state index contributed by atoms with van der Waals surface area (Å²) in [5.74, 6) is 3.88. The second-order valence-electron chi connectivity index (χ2n) is 26.4. The zero-order valence-electron chi connectivity index (χ0n) is 62.1. The van der Waals surface area contributed by atoms with Gasteiger partial charge >= 0.3 is 42.7 Å². The molecule has 0 bridgehead atoms. The number of rotatable bonds is 15. The van der Waals surface area contributed by atoms with Crippen LogP contribution in [0.15, 0.2) is 188 Å². The monoisotopic (exact) mass is 1690 g/mol. The Morgan fingerprint density at radius 1 is 0.509 bits per heavy atom. The quantitative estimate of drug-likeness (QED) is 0.0336. The molecule has 0 saturated carbocycles. The van der Waals surface area contributed by atoms with Gasteiger partial charge in [-0.2, -0.15) is 5.10 Å². The minimum absolute atomic E-state index is 0.0350. The summed E-state index contributed by atoms with van der Waals surface area (Å²) in [4.78, 5) is 15.9. The number of nitrogens with one attached hydrogen (secondary N) is 1. The van der Waals surface area contributed by atoms with Gasteiger partial charge in [0, 0.05) is 11.9 Å². The summed E-state index contributed by atoms with van der Waals surface area (Å²) in [6.07, 6.45) is 5.67. The molecule has 0 aliphatic carbocycles. The third-order valence-corrected chi connectivity index (χ3v) is 27.1. The Bertz CT molecular complexity index is 5010. The van der Waals surface area contributed by atoms with Crippen molar-refractivity contribution in [2.75, 3.05) is 11.5 Å². The molecule has 6 aliphatic heterocycles. The first kappa shape index (κ1) is 84.7. The van der Waals surface area contributed by atoms with Crippen molar-refractivity contribution in [3.8, 4) is 34.5 Å². The van der Waals surface area contributed by atoms with Crippen molar-refractivity contribution in [1.29, 1.82) is 0 Å². The summed E-state index contributed by atoms with van der Waals surface area (Å²) in [7, 11) is -3.54. The van der Waals surface area contributed by atoms with Gasteiger partial charge in [0.15, 0.2) is 13.8 Å². The molecule has 17 rings (SSSR count). The number of thioether (sulfide) groups is 6. The van der Waals surface area contributed by atoms with Crippen LogP contribution in [0.1, 0.15) is 66.8 Å². The number of hydrogen-bond acceptors (Lipinski definition) is 33. The van der Waals surface area contributed by atoms with E-state index >= 15 is 0 Å². The summed E-state index contributed by atoms with van der Waals surface area (Å²) in [6.45, 7) is 14.9. The molecule has 4 aromatic heterocycles. The van der Waals surface area contributed by atoms with Crippen LogP contribution in [0.4, 0.5) is 5.13 Å². The van der Waals surface area contributed by atoms with Crippen molar-refractivity contribution in [3.63, 3.8) is 0 Å². The molecule has 114 heavy (non-hydrogen) atoms. The molecule has 11 aromatic rings. The van der Waals surface area contributed by atoms with Crippen LogP contribution in [-0.4, -0.2) is 181 Å². The smallest absolute Gasteiger partial charge is 0.535 e. The van der Waals surface area contributed by atoms with Crippen LogP contribution in [0.2, 0.25) is 0 Å². The molecule has 7 aromatic carbocycles. The van der Waals surface area contributed by atoms with Gasteiger partial charge in [0.25, 0.3) is 0 Å². The van der Waals surface area contributed by atoms with Crippen molar-refractivity contribution in [2.45, 2.75) is 121 Å². The van der Waals surface area contributed by atoms with Crippen molar-refractivity contribution >= 4 is 159 Å². The van der Waals surface area contributed by atoms with Gasteiger partial charge in [-0.05, 0) is 157 Å². The number of tetrazole rings is 1. The summed E-state index contributed by atoms with van der Waals surface area (Å²) in [5, 5.41) is 114. The molecule has 10 heterocycles. The number of aryl methyl sites for hydroxylation is 5. The number of fused-ring (bicyclic) bond motifs is 6. The largest absolute Gasteiger partial charge is 0.537 e. The second-order valence-corrected chi connectivity index (χ2v) is 36.2. The molecular weight excluding hydrogens is 1610 g/mol. The maximum Gasteiger partial charge on any atom is 0.537 e. The fourth-order valence-electron chi connectivity index (χ4n) is 12.6. The number of nitrogens with two attached hydrogens (primary N) is 2. The van der Waals surface area contributed by atoms with Crippen LogP contribution >= 0.6 is 93.2 Å². The molecule has 42 heteroatoms. The first-order valence-corrected chi connectivity index (χ1v) is 42.7. The summed E-state index contributed by atoms with van der Waals surface area (Å²) in [6, 6.07) is 44.9. The minimum atomic E-state index is -1.01. The predicted octanol–water partition coefficient (Wildman–Crippen LogP) is 9.46. The number of carbonyl (C=O) groups is 1. The maximum absolute atomic E-state index is 10.7. The number of anilines is 1. The van der Waals surface area contributed by atoms with Crippen LogP contribution in [-0.2, 0) is 50.4 Å². The van der Waals surface area contributed by atoms with Crippen molar-refractivity contribution in [2.24, 2.45) is 12.8 Å². The minimum Gasteiger partial charge on any atom is -0.535 e. The lowest BCUT2D eigenvalue weighted by Gasteiger charge is -2.28. The van der Waals surface area contributed by atoms with E-state index in [-0.39, 0.29) is 54.1 Å². The van der Waals surface area contributed by atoms with Gasteiger partial charge in [0.1, 0.15) is 57.9 Å². The summed E-state index contributed by atoms with van der Waals surface area (Å²) in [5.41, 5.74) is 23.9. The first-order chi connectivity index (χ1) is 54.9. The van der Waals surface area contributed by atoms with Gasteiger partial charge in [0.05, 0.1) is 47.8 Å². The molecule has 586 valence electrons.